The van der Waals surface area contributed by atoms with Gasteiger partial charge in [0.1, 0.15) is 0 Å². The molecule has 4 amide bonds. The molecule has 15 heteroatoms. The highest BCUT2D eigenvalue weighted by atomic mass is 16.5. The standard InChI is InChI=1S/C49H56N10O5/c1-30-26-34(8-15-39(30)31(2)51-44(61)45-53-46(56-64-45)48(3,4)5)42-40-27-35(28-50-43(40)55-54-42)33-6-9-36(10-7-33)49(63)19-24-57(25-20-49)29-32-16-21-58(22-17-32)37-11-13-38(14-12-37)59-23-18-41(60)52-47(59)62/h6-15,26-28,31-32,63H,16-25,29H2,1-5H3,(H,51,61)(H,50,54,55)(H,52,60,62)/t31-/m1/s1. The predicted molar refractivity (Wildman–Crippen MR) is 245 cm³/mol. The highest BCUT2D eigenvalue weighted by molar-refractivity contribution is 6.05. The number of H-pyrrole nitrogens is 1. The van der Waals surface area contributed by atoms with Crippen LogP contribution in [0.2, 0.25) is 0 Å². The van der Waals surface area contributed by atoms with E-state index < -0.39 is 11.5 Å². The number of nitrogens with zero attached hydrogens (tertiary/aromatic N) is 7. The molecule has 0 aliphatic carbocycles. The summed E-state index contributed by atoms with van der Waals surface area (Å²) in [4.78, 5) is 52.3. The van der Waals surface area contributed by atoms with E-state index in [1.54, 1.807) is 4.90 Å². The summed E-state index contributed by atoms with van der Waals surface area (Å²) in [5.74, 6) is 0.386. The Balaban J connectivity index is 0.782. The van der Waals surface area contributed by atoms with E-state index in [0.29, 0.717) is 43.2 Å². The average molecular weight is 865 g/mol. The van der Waals surface area contributed by atoms with Gasteiger partial charge in [-0.05, 0) is 104 Å². The molecule has 3 aliphatic rings. The first-order valence-electron chi connectivity index (χ1n) is 22.3. The first-order valence-corrected chi connectivity index (χ1v) is 22.3. The number of likely N-dealkylation sites (tertiary alicyclic amines) is 1. The van der Waals surface area contributed by atoms with Crippen molar-refractivity contribution in [3.63, 3.8) is 0 Å². The van der Waals surface area contributed by atoms with Gasteiger partial charge in [0.25, 0.3) is 0 Å². The number of piperidine rings is 2. The van der Waals surface area contributed by atoms with Gasteiger partial charge in [-0.15, -0.1) is 0 Å². The predicted octanol–water partition coefficient (Wildman–Crippen LogP) is 7.42. The molecule has 15 nitrogen and oxygen atoms in total. The second-order valence-electron chi connectivity index (χ2n) is 18.7. The van der Waals surface area contributed by atoms with Gasteiger partial charge in [0.05, 0.1) is 17.3 Å². The Kier molecular flexibility index (Phi) is 11.6. The van der Waals surface area contributed by atoms with Crippen LogP contribution in [0.25, 0.3) is 33.4 Å². The Morgan fingerprint density at radius 3 is 2.30 bits per heavy atom. The van der Waals surface area contributed by atoms with E-state index in [1.165, 1.54) is 0 Å². The number of hydrogen-bond acceptors (Lipinski definition) is 11. The summed E-state index contributed by atoms with van der Waals surface area (Å²) in [5, 5.41) is 29.8. The van der Waals surface area contributed by atoms with E-state index in [4.69, 9.17) is 4.52 Å². The van der Waals surface area contributed by atoms with Crippen LogP contribution >= 0.6 is 0 Å². The van der Waals surface area contributed by atoms with E-state index in [0.717, 1.165) is 101 Å². The Labute approximate surface area is 372 Å². The number of urea groups is 1. The molecular weight excluding hydrogens is 809 g/mol. The molecule has 3 saturated heterocycles. The lowest BCUT2D eigenvalue weighted by molar-refractivity contribution is -0.120. The highest BCUT2D eigenvalue weighted by Gasteiger charge is 2.35. The van der Waals surface area contributed by atoms with Gasteiger partial charge in [-0.2, -0.15) is 10.1 Å². The van der Waals surface area contributed by atoms with Crippen LogP contribution in [0.4, 0.5) is 16.2 Å². The molecule has 64 heavy (non-hydrogen) atoms. The lowest BCUT2D eigenvalue weighted by Gasteiger charge is -2.41. The fourth-order valence-electron chi connectivity index (χ4n) is 9.31. The zero-order valence-electron chi connectivity index (χ0n) is 37.1. The number of anilines is 2. The largest absolute Gasteiger partial charge is 0.385 e. The number of aliphatic hydroxyl groups is 1. The summed E-state index contributed by atoms with van der Waals surface area (Å²) in [6.45, 7) is 14.9. The first-order chi connectivity index (χ1) is 30.7. The molecule has 332 valence electrons. The molecule has 0 saturated carbocycles. The van der Waals surface area contributed by atoms with E-state index in [2.05, 4.69) is 94.3 Å². The van der Waals surface area contributed by atoms with Crippen molar-refractivity contribution in [3.8, 4) is 22.4 Å². The number of hydrogen-bond donors (Lipinski definition) is 4. The van der Waals surface area contributed by atoms with Crippen LogP contribution in [0.5, 0.6) is 0 Å². The second kappa shape index (κ2) is 17.3. The first kappa shape index (κ1) is 42.8. The molecule has 3 fully saturated rings. The number of rotatable bonds is 10. The van der Waals surface area contributed by atoms with Gasteiger partial charge in [0, 0.05) is 85.2 Å². The third-order valence-electron chi connectivity index (χ3n) is 13.2. The molecule has 0 spiro atoms. The minimum absolute atomic E-state index is 0.0557. The number of carbonyl (C=O) groups is 3. The number of benzene rings is 3. The van der Waals surface area contributed by atoms with Crippen LogP contribution in [0.3, 0.4) is 0 Å². The lowest BCUT2D eigenvalue weighted by Crippen LogP contribution is -2.49. The number of aryl methyl sites for hydroxylation is 1. The number of fused-ring (bicyclic) bond motifs is 1. The van der Waals surface area contributed by atoms with Gasteiger partial charge in [-0.25, -0.2) is 9.78 Å². The van der Waals surface area contributed by atoms with E-state index in [-0.39, 0.29) is 29.3 Å². The number of aromatic nitrogens is 5. The molecule has 4 N–H and O–H groups in total. The smallest absolute Gasteiger partial charge is 0.328 e. The van der Waals surface area contributed by atoms with Crippen molar-refractivity contribution in [3.05, 3.63) is 107 Å². The van der Waals surface area contributed by atoms with Crippen LogP contribution in [-0.2, 0) is 15.8 Å². The molecule has 0 radical (unpaired) electrons. The van der Waals surface area contributed by atoms with Crippen molar-refractivity contribution in [2.45, 2.75) is 83.8 Å². The third-order valence-corrected chi connectivity index (χ3v) is 13.2. The van der Waals surface area contributed by atoms with Crippen molar-refractivity contribution in [2.75, 3.05) is 49.1 Å². The zero-order valence-corrected chi connectivity index (χ0v) is 37.1. The molecular formula is C49H56N10O5. The Morgan fingerprint density at radius 2 is 1.62 bits per heavy atom. The van der Waals surface area contributed by atoms with Crippen LogP contribution in [-0.4, -0.2) is 92.4 Å². The van der Waals surface area contributed by atoms with Gasteiger partial charge in [-0.3, -0.25) is 24.9 Å². The number of pyridine rings is 1. The summed E-state index contributed by atoms with van der Waals surface area (Å²) < 4.78 is 5.25. The van der Waals surface area contributed by atoms with Crippen LogP contribution in [0, 0.1) is 12.8 Å². The summed E-state index contributed by atoms with van der Waals surface area (Å²) in [6.07, 6.45) is 5.74. The fourth-order valence-corrected chi connectivity index (χ4v) is 9.31. The van der Waals surface area contributed by atoms with Crippen molar-refractivity contribution in [2.24, 2.45) is 5.92 Å². The molecule has 6 heterocycles. The fraction of sp³-hybridized carbons (Fsp3) is 0.408. The molecule has 0 unspecified atom stereocenters. The monoisotopic (exact) mass is 864 g/mol. The second-order valence-corrected chi connectivity index (χ2v) is 18.7. The van der Waals surface area contributed by atoms with Crippen LogP contribution < -0.4 is 20.4 Å². The van der Waals surface area contributed by atoms with E-state index in [1.807, 2.05) is 65.1 Å². The highest BCUT2D eigenvalue weighted by Crippen LogP contribution is 2.37. The van der Waals surface area contributed by atoms with E-state index in [9.17, 15) is 19.5 Å². The van der Waals surface area contributed by atoms with Gasteiger partial charge in [0.15, 0.2) is 11.5 Å². The maximum Gasteiger partial charge on any atom is 0.328 e. The van der Waals surface area contributed by atoms with Gasteiger partial charge in [-0.1, -0.05) is 62.3 Å². The topological polar surface area (TPSA) is 186 Å². The molecule has 9 rings (SSSR count). The van der Waals surface area contributed by atoms with Crippen molar-refractivity contribution in [1.29, 1.82) is 0 Å². The summed E-state index contributed by atoms with van der Waals surface area (Å²) >= 11 is 0. The summed E-state index contributed by atoms with van der Waals surface area (Å²) in [7, 11) is 0. The summed E-state index contributed by atoms with van der Waals surface area (Å²) in [5.41, 5.74) is 8.06. The van der Waals surface area contributed by atoms with Crippen LogP contribution in [0.1, 0.15) is 99.0 Å². The number of imide groups is 1. The lowest BCUT2D eigenvalue weighted by atomic mass is 9.83. The van der Waals surface area contributed by atoms with Gasteiger partial charge in [0.2, 0.25) is 5.91 Å². The molecule has 3 aromatic carbocycles. The Hall–Kier alpha value is -6.45. The molecule has 6 aromatic rings. The minimum atomic E-state index is -0.873. The van der Waals surface area contributed by atoms with Crippen molar-refractivity contribution >= 4 is 40.3 Å². The number of nitrogens with one attached hydrogen (secondary N) is 3. The third kappa shape index (κ3) is 8.87. The van der Waals surface area contributed by atoms with Gasteiger partial charge >= 0.3 is 17.8 Å². The minimum Gasteiger partial charge on any atom is -0.385 e. The Bertz CT molecular complexity index is 2670. The zero-order chi connectivity index (χ0) is 44.8. The molecule has 1 atom stereocenters. The number of aromatic amines is 1. The summed E-state index contributed by atoms with van der Waals surface area (Å²) in [6, 6.07) is 23.9. The maximum absolute atomic E-state index is 12.9. The SMILES string of the molecule is Cc1cc(-c2[nH]nc3ncc(-c4ccc(C5(O)CCN(CC6CCN(c7ccc(N8CCC(=O)NC8=O)cc7)CC6)CC5)cc4)cc23)ccc1[C@@H](C)NC(=O)c1nc(C(C)(C)C)no1. The van der Waals surface area contributed by atoms with Gasteiger partial charge < -0.3 is 24.7 Å². The van der Waals surface area contributed by atoms with Crippen molar-refractivity contribution in [1.82, 2.24) is 40.9 Å². The molecule has 3 aromatic heterocycles. The maximum atomic E-state index is 12.9. The molecule has 0 bridgehead atoms. The average Bonchev–Trinajstić information content (AvgIpc) is 3.97. The Morgan fingerprint density at radius 1 is 0.922 bits per heavy atom. The van der Waals surface area contributed by atoms with Crippen molar-refractivity contribution < 1.29 is 24.0 Å². The number of amides is 4. The molecule has 3 aliphatic heterocycles. The normalized spacial score (nSPS) is 18.0. The quantitative estimate of drug-likeness (QED) is 0.107. The number of carbonyl (C=O) groups excluding carboxylic acids is 3. The van der Waals surface area contributed by atoms with E-state index >= 15 is 0 Å². The van der Waals surface area contributed by atoms with Crippen LogP contribution in [0.15, 0.2) is 83.5 Å².